The maximum Gasteiger partial charge on any atom is 0.0653 e. The van der Waals surface area contributed by atoms with Gasteiger partial charge in [-0.3, -0.25) is 0 Å². The monoisotopic (exact) mass is 400 g/mol. The van der Waals surface area contributed by atoms with Gasteiger partial charge < -0.3 is 10.2 Å². The van der Waals surface area contributed by atoms with Crippen molar-refractivity contribution >= 4 is 0 Å². The molecule has 0 saturated heterocycles. The summed E-state index contributed by atoms with van der Waals surface area (Å²) in [5, 5.41) is 21.7. The molecule has 29 heavy (non-hydrogen) atoms. The lowest BCUT2D eigenvalue weighted by Gasteiger charge is -2.55. The molecule has 2 nitrogen and oxygen atoms in total. The molecule has 164 valence electrons. The van der Waals surface area contributed by atoms with Crippen LogP contribution >= 0.6 is 0 Å². The fourth-order valence-corrected chi connectivity index (χ4v) is 8.05. The summed E-state index contributed by atoms with van der Waals surface area (Å²) in [5.74, 6) is 2.42. The Labute approximate surface area is 178 Å². The Bertz CT molecular complexity index is 687. The Hall–Kier alpha value is -0.600. The van der Waals surface area contributed by atoms with Crippen LogP contribution in [-0.2, 0) is 0 Å². The SMILES string of the molecule is CC(C)CCCC(C)(O)[C@H]1CC[C@H]2C3=CC=C4C[C@@H](O)CC[C@]4(C)[C@H]3CC[C@]12C. The van der Waals surface area contributed by atoms with Gasteiger partial charge in [-0.15, -0.1) is 0 Å². The molecule has 0 spiro atoms. The van der Waals surface area contributed by atoms with Gasteiger partial charge in [0.15, 0.2) is 0 Å². The minimum atomic E-state index is -0.541. The summed E-state index contributed by atoms with van der Waals surface area (Å²) in [7, 11) is 0. The molecule has 4 rings (SSSR count). The molecule has 0 aromatic heterocycles. The summed E-state index contributed by atoms with van der Waals surface area (Å²) in [5.41, 5.74) is 3.12. The number of fused-ring (bicyclic) bond motifs is 5. The van der Waals surface area contributed by atoms with Crippen LogP contribution in [0.2, 0.25) is 0 Å². The Morgan fingerprint density at radius 3 is 2.55 bits per heavy atom. The zero-order chi connectivity index (χ0) is 21.0. The van der Waals surface area contributed by atoms with Crippen LogP contribution in [0.4, 0.5) is 0 Å². The molecule has 0 aliphatic heterocycles. The first-order valence-corrected chi connectivity index (χ1v) is 12.4. The van der Waals surface area contributed by atoms with Gasteiger partial charge in [-0.25, -0.2) is 0 Å². The number of hydrogen-bond acceptors (Lipinski definition) is 2. The highest BCUT2D eigenvalue weighted by Crippen LogP contribution is 2.66. The first-order valence-electron chi connectivity index (χ1n) is 12.4. The maximum atomic E-state index is 11.5. The lowest BCUT2D eigenvalue weighted by Crippen LogP contribution is -2.49. The molecule has 4 aliphatic carbocycles. The Morgan fingerprint density at radius 2 is 1.83 bits per heavy atom. The van der Waals surface area contributed by atoms with Crippen molar-refractivity contribution in [1.82, 2.24) is 0 Å². The van der Waals surface area contributed by atoms with Gasteiger partial charge in [-0.05, 0) is 92.8 Å². The summed E-state index contributed by atoms with van der Waals surface area (Å²) in [4.78, 5) is 0. The number of rotatable bonds is 5. The third kappa shape index (κ3) is 3.57. The Morgan fingerprint density at radius 1 is 1.07 bits per heavy atom. The number of aliphatic hydroxyl groups excluding tert-OH is 1. The second-order valence-electron chi connectivity index (χ2n) is 12.1. The van der Waals surface area contributed by atoms with Crippen molar-refractivity contribution in [3.05, 3.63) is 23.3 Å². The molecular weight excluding hydrogens is 356 g/mol. The van der Waals surface area contributed by atoms with E-state index < -0.39 is 5.60 Å². The summed E-state index contributed by atoms with van der Waals surface area (Å²) >= 11 is 0. The summed E-state index contributed by atoms with van der Waals surface area (Å²) < 4.78 is 0. The van der Waals surface area contributed by atoms with Crippen molar-refractivity contribution in [1.29, 1.82) is 0 Å². The molecular formula is C27H44O2. The third-order valence-corrected chi connectivity index (χ3v) is 9.76. The van der Waals surface area contributed by atoms with Crippen molar-refractivity contribution < 1.29 is 10.2 Å². The lowest BCUT2D eigenvalue weighted by molar-refractivity contribution is -0.0726. The van der Waals surface area contributed by atoms with Crippen molar-refractivity contribution in [2.75, 3.05) is 0 Å². The molecule has 1 unspecified atom stereocenters. The molecule has 2 heteroatoms. The van der Waals surface area contributed by atoms with Gasteiger partial charge >= 0.3 is 0 Å². The highest BCUT2D eigenvalue weighted by molar-refractivity contribution is 5.39. The van der Waals surface area contributed by atoms with E-state index >= 15 is 0 Å². The zero-order valence-electron chi connectivity index (χ0n) is 19.5. The van der Waals surface area contributed by atoms with Gasteiger partial charge in [-0.2, -0.15) is 0 Å². The summed E-state index contributed by atoms with van der Waals surface area (Å²) in [6, 6.07) is 0. The average Bonchev–Trinajstić information content (AvgIpc) is 3.00. The van der Waals surface area contributed by atoms with E-state index in [0.717, 1.165) is 38.0 Å². The predicted molar refractivity (Wildman–Crippen MR) is 120 cm³/mol. The van der Waals surface area contributed by atoms with E-state index in [2.05, 4.69) is 46.8 Å². The molecule has 3 saturated carbocycles. The van der Waals surface area contributed by atoms with Gasteiger partial charge in [0.2, 0.25) is 0 Å². The number of aliphatic hydroxyl groups is 2. The van der Waals surface area contributed by atoms with E-state index in [0.29, 0.717) is 17.8 Å². The van der Waals surface area contributed by atoms with E-state index in [-0.39, 0.29) is 16.9 Å². The first-order chi connectivity index (χ1) is 13.6. The lowest BCUT2D eigenvalue weighted by atomic mass is 9.49. The fraction of sp³-hybridized carbons (Fsp3) is 0.852. The smallest absolute Gasteiger partial charge is 0.0653 e. The molecule has 0 bridgehead atoms. The minimum absolute atomic E-state index is 0.144. The molecule has 0 heterocycles. The van der Waals surface area contributed by atoms with Gasteiger partial charge in [0, 0.05) is 0 Å². The first kappa shape index (κ1) is 21.6. The molecule has 2 N–H and O–H groups in total. The Kier molecular flexibility index (Phi) is 5.61. The van der Waals surface area contributed by atoms with Crippen molar-refractivity contribution in [3.8, 4) is 0 Å². The standard InChI is InChI=1S/C27H44O2/c1-18(2)7-6-14-27(5,29)24-11-10-22-21-9-8-19-17-20(28)12-15-25(19,3)23(21)13-16-26(22,24)4/h8-9,18,20,22-24,28-29H,6-7,10-17H2,1-5H3/t20-,22-,23-,24-,25-,26-,27?/m0/s1. The quantitative estimate of drug-likeness (QED) is 0.559. The molecule has 3 fully saturated rings. The molecule has 4 aliphatic rings. The molecule has 7 atom stereocenters. The summed E-state index contributed by atoms with van der Waals surface area (Å²) in [6.45, 7) is 11.7. The topological polar surface area (TPSA) is 40.5 Å². The van der Waals surface area contributed by atoms with E-state index in [9.17, 15) is 10.2 Å². The van der Waals surface area contributed by atoms with E-state index in [1.54, 1.807) is 5.57 Å². The van der Waals surface area contributed by atoms with Gasteiger partial charge in [0.05, 0.1) is 11.7 Å². The molecule has 0 aromatic carbocycles. The van der Waals surface area contributed by atoms with E-state index in [1.165, 1.54) is 37.7 Å². The van der Waals surface area contributed by atoms with Crippen molar-refractivity contribution in [3.63, 3.8) is 0 Å². The van der Waals surface area contributed by atoms with Gasteiger partial charge in [0.1, 0.15) is 0 Å². The molecule has 0 aromatic rings. The van der Waals surface area contributed by atoms with Crippen LogP contribution < -0.4 is 0 Å². The van der Waals surface area contributed by atoms with Crippen molar-refractivity contribution in [2.24, 2.45) is 34.5 Å². The number of allylic oxidation sites excluding steroid dienone is 3. The van der Waals surface area contributed by atoms with Crippen LogP contribution in [0.1, 0.15) is 98.8 Å². The average molecular weight is 401 g/mol. The second kappa shape index (κ2) is 7.52. The van der Waals surface area contributed by atoms with Gasteiger partial charge in [0.25, 0.3) is 0 Å². The normalized spacial score (nSPS) is 43.7. The van der Waals surface area contributed by atoms with Crippen LogP contribution in [0.5, 0.6) is 0 Å². The van der Waals surface area contributed by atoms with Crippen LogP contribution in [0.3, 0.4) is 0 Å². The van der Waals surface area contributed by atoms with Crippen LogP contribution in [0.15, 0.2) is 23.3 Å². The fourth-order valence-electron chi connectivity index (χ4n) is 8.05. The highest BCUT2D eigenvalue weighted by atomic mass is 16.3. The van der Waals surface area contributed by atoms with Crippen LogP contribution in [0, 0.1) is 34.5 Å². The molecule has 0 amide bonds. The second-order valence-corrected chi connectivity index (χ2v) is 12.1. The van der Waals surface area contributed by atoms with E-state index in [1.807, 2.05) is 0 Å². The van der Waals surface area contributed by atoms with Crippen molar-refractivity contribution in [2.45, 2.75) is 111 Å². The van der Waals surface area contributed by atoms with Crippen LogP contribution in [0.25, 0.3) is 0 Å². The Balaban J connectivity index is 1.57. The summed E-state index contributed by atoms with van der Waals surface area (Å²) in [6.07, 6.45) is 15.8. The highest BCUT2D eigenvalue weighted by Gasteiger charge is 2.59. The predicted octanol–water partition coefficient (Wildman–Crippen LogP) is 6.42. The zero-order valence-corrected chi connectivity index (χ0v) is 19.5. The third-order valence-electron chi connectivity index (χ3n) is 9.76. The minimum Gasteiger partial charge on any atom is -0.393 e. The van der Waals surface area contributed by atoms with E-state index in [4.69, 9.17) is 0 Å². The number of hydrogen-bond donors (Lipinski definition) is 2. The largest absolute Gasteiger partial charge is 0.393 e. The van der Waals surface area contributed by atoms with Crippen LogP contribution in [-0.4, -0.2) is 21.9 Å². The van der Waals surface area contributed by atoms with Gasteiger partial charge in [-0.1, -0.05) is 63.8 Å². The molecule has 0 radical (unpaired) electrons. The maximum absolute atomic E-state index is 11.5.